The molecule has 4 rings (SSSR count). The molecule has 3 N–H and O–H groups in total. The Balaban J connectivity index is 1.24. The van der Waals surface area contributed by atoms with Gasteiger partial charge in [-0.2, -0.15) is 0 Å². The largest absolute Gasteiger partial charge is 0.394 e. The van der Waals surface area contributed by atoms with Gasteiger partial charge in [0, 0.05) is 13.0 Å². The first-order chi connectivity index (χ1) is 15.6. The summed E-state index contributed by atoms with van der Waals surface area (Å²) in [6, 6.07) is 17.9. The summed E-state index contributed by atoms with van der Waals surface area (Å²) in [7, 11) is 0. The maximum atomic E-state index is 12.4. The smallest absolute Gasteiger partial charge is 0.223 e. The van der Waals surface area contributed by atoms with Crippen LogP contribution >= 0.6 is 0 Å². The number of aliphatic hydroxyl groups is 1. The van der Waals surface area contributed by atoms with Crippen LogP contribution in [0.1, 0.15) is 31.2 Å². The molecule has 0 saturated heterocycles. The zero-order chi connectivity index (χ0) is 22.3. The average molecular weight is 435 g/mol. The van der Waals surface area contributed by atoms with E-state index in [0.29, 0.717) is 18.9 Å². The fourth-order valence-electron chi connectivity index (χ4n) is 3.87. The Morgan fingerprint density at radius 3 is 2.31 bits per heavy atom. The first-order valence-corrected chi connectivity index (χ1v) is 11.3. The summed E-state index contributed by atoms with van der Waals surface area (Å²) in [5, 5.41) is 15.5. The van der Waals surface area contributed by atoms with Crippen molar-refractivity contribution < 1.29 is 19.4 Å². The quantitative estimate of drug-likeness (QED) is 0.530. The maximum absolute atomic E-state index is 12.4. The molecule has 168 valence electrons. The van der Waals surface area contributed by atoms with Crippen LogP contribution in [0.5, 0.6) is 0 Å². The topological polar surface area (TPSA) is 87.7 Å². The van der Waals surface area contributed by atoms with Crippen LogP contribution in [0.3, 0.4) is 0 Å². The van der Waals surface area contributed by atoms with Gasteiger partial charge in [0.15, 0.2) is 0 Å². The number of rotatable bonds is 9. The summed E-state index contributed by atoms with van der Waals surface area (Å²) in [4.78, 5) is 24.5. The molecule has 2 aromatic rings. The third-order valence-electron chi connectivity index (χ3n) is 5.90. The van der Waals surface area contributed by atoms with E-state index in [4.69, 9.17) is 4.74 Å². The lowest BCUT2D eigenvalue weighted by molar-refractivity contribution is -0.128. The van der Waals surface area contributed by atoms with E-state index in [-0.39, 0.29) is 30.9 Å². The number of aliphatic hydroxyl groups excluding tert-OH is 1. The number of hydrogen-bond acceptors (Lipinski definition) is 4. The number of carbonyl (C=O) groups excluding carboxylic acids is 2. The summed E-state index contributed by atoms with van der Waals surface area (Å²) in [6.07, 6.45) is 5.57. The predicted octanol–water partition coefficient (Wildman–Crippen LogP) is 2.96. The van der Waals surface area contributed by atoms with Crippen molar-refractivity contribution in [2.24, 2.45) is 5.92 Å². The Morgan fingerprint density at radius 1 is 0.906 bits per heavy atom. The highest BCUT2D eigenvalue weighted by Gasteiger charge is 2.31. The van der Waals surface area contributed by atoms with Gasteiger partial charge < -0.3 is 20.5 Å². The molecule has 2 aliphatic rings. The number of nitrogens with one attached hydrogen (secondary N) is 2. The molecule has 1 aliphatic carbocycles. The molecule has 32 heavy (non-hydrogen) atoms. The van der Waals surface area contributed by atoms with Crippen molar-refractivity contribution in [2.45, 2.75) is 50.5 Å². The zero-order valence-electron chi connectivity index (χ0n) is 18.1. The van der Waals surface area contributed by atoms with E-state index in [9.17, 15) is 14.7 Å². The summed E-state index contributed by atoms with van der Waals surface area (Å²) in [6.45, 7) is 0.220. The van der Waals surface area contributed by atoms with Crippen molar-refractivity contribution in [3.05, 3.63) is 72.3 Å². The fourth-order valence-corrected chi connectivity index (χ4v) is 3.87. The summed E-state index contributed by atoms with van der Waals surface area (Å²) < 4.78 is 5.84. The van der Waals surface area contributed by atoms with E-state index in [1.807, 2.05) is 48.5 Å². The van der Waals surface area contributed by atoms with Crippen LogP contribution in [0, 0.1) is 5.92 Å². The van der Waals surface area contributed by atoms with Crippen LogP contribution in [0.2, 0.25) is 0 Å². The van der Waals surface area contributed by atoms with Gasteiger partial charge in [0.05, 0.1) is 25.2 Å². The highest BCUT2D eigenvalue weighted by atomic mass is 16.5. The number of hydrogen-bond donors (Lipinski definition) is 3. The molecule has 6 nitrogen and oxygen atoms in total. The lowest BCUT2D eigenvalue weighted by atomic mass is 10.0. The van der Waals surface area contributed by atoms with E-state index >= 15 is 0 Å². The van der Waals surface area contributed by atoms with Crippen molar-refractivity contribution in [3.63, 3.8) is 0 Å². The third-order valence-corrected chi connectivity index (χ3v) is 5.90. The summed E-state index contributed by atoms with van der Waals surface area (Å²) >= 11 is 0. The highest BCUT2D eigenvalue weighted by Crippen LogP contribution is 2.32. The molecule has 0 spiro atoms. The van der Waals surface area contributed by atoms with Crippen molar-refractivity contribution >= 4 is 11.8 Å². The molecule has 6 heteroatoms. The molecular formula is C26H30N2O4. The SMILES string of the molecule is O=C(C[C@H]1C=C[C@@H](NC(=O)CC2CC2)[C@@H](CO)O1)NCc1ccc(-c2ccccc2)cc1. The normalized spacial score (nSPS) is 22.3. The minimum atomic E-state index is -0.550. The van der Waals surface area contributed by atoms with Crippen molar-refractivity contribution in [1.29, 1.82) is 0 Å². The van der Waals surface area contributed by atoms with Gasteiger partial charge in [-0.25, -0.2) is 0 Å². The summed E-state index contributed by atoms with van der Waals surface area (Å²) in [5.74, 6) is 0.362. The van der Waals surface area contributed by atoms with Gasteiger partial charge in [0.25, 0.3) is 0 Å². The van der Waals surface area contributed by atoms with Crippen molar-refractivity contribution in [1.82, 2.24) is 10.6 Å². The number of amides is 2. The van der Waals surface area contributed by atoms with E-state index < -0.39 is 12.2 Å². The van der Waals surface area contributed by atoms with Gasteiger partial charge in [-0.3, -0.25) is 9.59 Å². The standard InChI is InChI=1S/C26H30N2O4/c29-17-24-23(28-26(31)14-18-6-7-18)13-12-22(32-24)15-25(30)27-16-19-8-10-21(11-9-19)20-4-2-1-3-5-20/h1-5,8-13,18,22-24,29H,6-7,14-17H2,(H,27,30)(H,28,31)/t22-,23-,24-/m1/s1. The van der Waals surface area contributed by atoms with Crippen LogP contribution in [-0.4, -0.2) is 41.8 Å². The van der Waals surface area contributed by atoms with Crippen LogP contribution in [0.4, 0.5) is 0 Å². The molecule has 0 unspecified atom stereocenters. The highest BCUT2D eigenvalue weighted by molar-refractivity contribution is 5.78. The molecular weight excluding hydrogens is 404 g/mol. The monoisotopic (exact) mass is 434 g/mol. The average Bonchev–Trinajstić information content (AvgIpc) is 3.63. The van der Waals surface area contributed by atoms with Crippen LogP contribution in [0.25, 0.3) is 11.1 Å². The van der Waals surface area contributed by atoms with Gasteiger partial charge in [-0.1, -0.05) is 66.7 Å². The van der Waals surface area contributed by atoms with Gasteiger partial charge in [-0.15, -0.1) is 0 Å². The Kier molecular flexibility index (Phi) is 7.35. The van der Waals surface area contributed by atoms with E-state index in [1.54, 1.807) is 6.08 Å². The number of benzene rings is 2. The molecule has 1 heterocycles. The first-order valence-electron chi connectivity index (χ1n) is 11.3. The second kappa shape index (κ2) is 10.6. The molecule has 1 fully saturated rings. The van der Waals surface area contributed by atoms with Crippen LogP contribution in [-0.2, 0) is 20.9 Å². The van der Waals surface area contributed by atoms with Crippen molar-refractivity contribution in [3.8, 4) is 11.1 Å². The lowest BCUT2D eigenvalue weighted by Gasteiger charge is -2.31. The molecule has 2 aromatic carbocycles. The minimum Gasteiger partial charge on any atom is -0.394 e. The van der Waals surface area contributed by atoms with Crippen LogP contribution < -0.4 is 10.6 Å². The molecule has 3 atom stereocenters. The fraction of sp³-hybridized carbons (Fsp3) is 0.385. The van der Waals surface area contributed by atoms with E-state index in [0.717, 1.165) is 29.5 Å². The van der Waals surface area contributed by atoms with Gasteiger partial charge in [-0.05, 0) is 35.4 Å². The lowest BCUT2D eigenvalue weighted by Crippen LogP contribution is -2.49. The van der Waals surface area contributed by atoms with Crippen LogP contribution in [0.15, 0.2) is 66.7 Å². The molecule has 1 saturated carbocycles. The predicted molar refractivity (Wildman–Crippen MR) is 123 cm³/mol. The van der Waals surface area contributed by atoms with Gasteiger partial charge >= 0.3 is 0 Å². The Labute approximate surface area is 188 Å². The second-order valence-corrected chi connectivity index (χ2v) is 8.57. The molecule has 2 amide bonds. The Hall–Kier alpha value is -2.96. The minimum absolute atomic E-state index is 0.0151. The first kappa shape index (κ1) is 22.2. The molecule has 1 aliphatic heterocycles. The number of ether oxygens (including phenoxy) is 1. The molecule has 0 bridgehead atoms. The second-order valence-electron chi connectivity index (χ2n) is 8.57. The van der Waals surface area contributed by atoms with Gasteiger partial charge in [0.2, 0.25) is 11.8 Å². The molecule has 0 radical (unpaired) electrons. The zero-order valence-corrected chi connectivity index (χ0v) is 18.1. The van der Waals surface area contributed by atoms with E-state index in [2.05, 4.69) is 22.8 Å². The third kappa shape index (κ3) is 6.28. The molecule has 0 aromatic heterocycles. The van der Waals surface area contributed by atoms with E-state index in [1.165, 1.54) is 0 Å². The summed E-state index contributed by atoms with van der Waals surface area (Å²) in [5.41, 5.74) is 3.31. The van der Waals surface area contributed by atoms with Crippen molar-refractivity contribution in [2.75, 3.05) is 6.61 Å². The Bertz CT molecular complexity index is 938. The Morgan fingerprint density at radius 2 is 1.62 bits per heavy atom. The van der Waals surface area contributed by atoms with Gasteiger partial charge in [0.1, 0.15) is 6.10 Å². The maximum Gasteiger partial charge on any atom is 0.223 e. The number of carbonyl (C=O) groups is 2.